The highest BCUT2D eigenvalue weighted by Crippen LogP contribution is 2.40. The third-order valence-electron chi connectivity index (χ3n) is 5.83. The number of aromatic nitrogens is 5. The van der Waals surface area contributed by atoms with Crippen LogP contribution in [0.25, 0.3) is 5.65 Å². The van der Waals surface area contributed by atoms with Crippen molar-refractivity contribution in [1.82, 2.24) is 29.2 Å². The second-order valence-corrected chi connectivity index (χ2v) is 10.1. The van der Waals surface area contributed by atoms with Gasteiger partial charge in [-0.2, -0.15) is 9.36 Å². The van der Waals surface area contributed by atoms with Gasteiger partial charge in [0.15, 0.2) is 11.3 Å². The van der Waals surface area contributed by atoms with Crippen LogP contribution in [0.4, 0.5) is 10.9 Å². The number of nitrogen functional groups attached to an aromatic ring is 1. The number of rotatable bonds is 11. The number of carbonyl (C=O) groups excluding carboxylic acids is 3. The monoisotopic (exact) mass is 589 g/mol. The summed E-state index contributed by atoms with van der Waals surface area (Å²) in [6.07, 6.45) is 3.67. The number of thioether (sulfide) groups is 1. The number of nitrogens with one attached hydrogen (secondary N) is 2. The van der Waals surface area contributed by atoms with Crippen molar-refractivity contribution in [3.8, 4) is 0 Å². The Morgan fingerprint density at radius 3 is 2.95 bits per heavy atom. The molecular weight excluding hydrogens is 568 g/mol. The van der Waals surface area contributed by atoms with Crippen molar-refractivity contribution in [3.63, 3.8) is 0 Å². The molecule has 3 aromatic heterocycles. The predicted molar refractivity (Wildman–Crippen MR) is 139 cm³/mol. The van der Waals surface area contributed by atoms with Gasteiger partial charge in [-0.3, -0.25) is 24.6 Å². The fraction of sp³-hybridized carbons (Fsp3) is 0.286. The molecule has 40 heavy (non-hydrogen) atoms. The Bertz CT molecular complexity index is 1570. The summed E-state index contributed by atoms with van der Waals surface area (Å²) in [6.45, 7) is -0.138. The van der Waals surface area contributed by atoms with Gasteiger partial charge in [-0.1, -0.05) is 14.8 Å². The van der Waals surface area contributed by atoms with Crippen LogP contribution >= 0.6 is 23.3 Å². The van der Waals surface area contributed by atoms with Gasteiger partial charge in [-0.25, -0.2) is 9.36 Å². The maximum Gasteiger partial charge on any atom is 0.352 e. The molecule has 2 aliphatic heterocycles. The molecule has 5 N–H and O–H groups in total. The van der Waals surface area contributed by atoms with Gasteiger partial charge >= 0.3 is 11.6 Å². The second kappa shape index (κ2) is 11.2. The number of anilines is 2. The highest BCUT2D eigenvalue weighted by atomic mass is 32.2. The molecule has 0 aliphatic carbocycles. The first kappa shape index (κ1) is 27.0. The molecule has 0 bridgehead atoms. The fourth-order valence-electron chi connectivity index (χ4n) is 4.20. The molecule has 3 amide bonds. The number of oxime groups is 1. The highest BCUT2D eigenvalue weighted by Gasteiger charge is 2.54. The molecule has 1 fully saturated rings. The number of amides is 3. The average Bonchev–Trinajstić information content (AvgIpc) is 3.52. The Morgan fingerprint density at radius 2 is 2.25 bits per heavy atom. The molecule has 5 rings (SSSR count). The van der Waals surface area contributed by atoms with Gasteiger partial charge in [-0.05, 0) is 6.07 Å². The summed E-state index contributed by atoms with van der Waals surface area (Å²) in [5.74, 6) is -2.16. The third-order valence-corrected chi connectivity index (χ3v) is 7.71. The van der Waals surface area contributed by atoms with E-state index < -0.39 is 29.2 Å². The van der Waals surface area contributed by atoms with E-state index in [9.17, 15) is 24.3 Å². The van der Waals surface area contributed by atoms with Crippen LogP contribution in [0.5, 0.6) is 0 Å². The molecule has 3 aromatic rings. The lowest BCUT2D eigenvalue weighted by atomic mass is 10.0. The van der Waals surface area contributed by atoms with Crippen LogP contribution in [0.1, 0.15) is 5.82 Å². The summed E-state index contributed by atoms with van der Waals surface area (Å²) in [7, 11) is 1.37. The van der Waals surface area contributed by atoms with E-state index in [4.69, 9.17) is 15.3 Å². The number of hydrogen-bond acceptors (Lipinski definition) is 13. The molecular formula is C21H21N10O7S2+. The number of β-lactam (4-membered cyclic amide) rings is 1. The number of methoxy groups -OCH3 is 1. The first-order chi connectivity index (χ1) is 19.3. The SMILES string of the molecule is COCO/N=C(\C(=O)N[C@@H]1C(=O)N2C(C(=O)O)=C(C[n+]3cc(NC=O)n4ncccc43)CS[C@H]12)c1nsc(N)n1. The Kier molecular flexibility index (Phi) is 7.58. The van der Waals surface area contributed by atoms with Crippen LogP contribution in [0, 0.1) is 0 Å². The predicted octanol–water partition coefficient (Wildman–Crippen LogP) is -1.61. The van der Waals surface area contributed by atoms with E-state index >= 15 is 0 Å². The average molecular weight is 590 g/mol. The van der Waals surface area contributed by atoms with Crippen molar-refractivity contribution < 1.29 is 38.4 Å². The minimum Gasteiger partial charge on any atom is -0.477 e. The number of aliphatic carboxylic acids is 1. The topological polar surface area (TPSA) is 220 Å². The van der Waals surface area contributed by atoms with Crippen LogP contribution < -0.4 is 20.9 Å². The lowest BCUT2D eigenvalue weighted by molar-refractivity contribution is -0.662. The number of nitrogens with two attached hydrogens (primary N) is 1. The molecule has 2 atom stereocenters. The van der Waals surface area contributed by atoms with Crippen LogP contribution in [-0.4, -0.2) is 90.0 Å². The van der Waals surface area contributed by atoms with E-state index in [-0.39, 0.29) is 41.5 Å². The molecule has 17 nitrogen and oxygen atoms in total. The van der Waals surface area contributed by atoms with Gasteiger partial charge in [0, 0.05) is 36.0 Å². The lowest BCUT2D eigenvalue weighted by Gasteiger charge is -2.49. The van der Waals surface area contributed by atoms with Crippen molar-refractivity contribution in [2.24, 2.45) is 5.16 Å². The maximum atomic E-state index is 13.2. The molecule has 0 saturated carbocycles. The fourth-order valence-corrected chi connectivity index (χ4v) is 5.97. The zero-order valence-electron chi connectivity index (χ0n) is 20.6. The highest BCUT2D eigenvalue weighted by molar-refractivity contribution is 8.00. The Morgan fingerprint density at radius 1 is 1.43 bits per heavy atom. The van der Waals surface area contributed by atoms with Gasteiger partial charge < -0.3 is 25.7 Å². The van der Waals surface area contributed by atoms with Crippen LogP contribution in [0.3, 0.4) is 0 Å². The van der Waals surface area contributed by atoms with E-state index in [0.29, 0.717) is 23.4 Å². The summed E-state index contributed by atoms with van der Waals surface area (Å²) in [5, 5.41) is 22.5. The van der Waals surface area contributed by atoms with Crippen molar-refractivity contribution in [1.29, 1.82) is 0 Å². The first-order valence-electron chi connectivity index (χ1n) is 11.4. The van der Waals surface area contributed by atoms with Crippen LogP contribution in [-0.2, 0) is 35.3 Å². The van der Waals surface area contributed by atoms with Gasteiger partial charge in [0.05, 0.1) is 6.20 Å². The standard InChI is InChI=1S/C21H20N10O7S2/c1-37-9-38-27-13(16-26-21(22)40-28-16)17(33)25-14-18(34)30-15(20(35)36)10(7-39-19(14)30)5-29-6-11(23-8-32)31-12(29)3-2-4-24-31/h2-4,6,8,14,19H,5,7,9H2,1H3,(H4-,22,23,24,25,26,28,32,33,35,36)/p+1/b27-13-/t14-,19-/m1/s1. The number of hydrogen-bond donors (Lipinski definition) is 4. The molecule has 5 heterocycles. The van der Waals surface area contributed by atoms with Gasteiger partial charge in [0.1, 0.15) is 23.7 Å². The molecule has 0 aromatic carbocycles. The minimum atomic E-state index is -1.29. The molecule has 0 radical (unpaired) electrons. The lowest BCUT2D eigenvalue weighted by Crippen LogP contribution is -2.71. The van der Waals surface area contributed by atoms with Gasteiger partial charge in [0.25, 0.3) is 17.6 Å². The van der Waals surface area contributed by atoms with Crippen LogP contribution in [0.15, 0.2) is 41.0 Å². The third kappa shape index (κ3) is 4.92. The summed E-state index contributed by atoms with van der Waals surface area (Å²) in [4.78, 5) is 59.6. The molecule has 208 valence electrons. The molecule has 2 aliphatic rings. The summed E-state index contributed by atoms with van der Waals surface area (Å²) < 4.78 is 11.9. The van der Waals surface area contributed by atoms with E-state index in [1.165, 1.54) is 23.4 Å². The zero-order valence-corrected chi connectivity index (χ0v) is 22.2. The molecule has 0 spiro atoms. The van der Waals surface area contributed by atoms with Crippen LogP contribution in [0.2, 0.25) is 0 Å². The quantitative estimate of drug-likeness (QED) is 0.0377. The zero-order chi connectivity index (χ0) is 28.4. The Hall–Kier alpha value is -4.62. The summed E-state index contributed by atoms with van der Waals surface area (Å²) >= 11 is 2.14. The number of carboxylic acids is 1. The van der Waals surface area contributed by atoms with Crippen molar-refractivity contribution >= 4 is 69.8 Å². The van der Waals surface area contributed by atoms with Crippen molar-refractivity contribution in [3.05, 3.63) is 41.6 Å². The van der Waals surface area contributed by atoms with E-state index in [1.54, 1.807) is 29.1 Å². The van der Waals surface area contributed by atoms with Gasteiger partial charge in [0.2, 0.25) is 24.7 Å². The molecule has 0 unspecified atom stereocenters. The first-order valence-corrected chi connectivity index (χ1v) is 13.2. The smallest absolute Gasteiger partial charge is 0.352 e. The van der Waals surface area contributed by atoms with E-state index in [2.05, 4.69) is 30.2 Å². The number of imidazole rings is 1. The van der Waals surface area contributed by atoms with E-state index in [1.807, 2.05) is 0 Å². The van der Waals surface area contributed by atoms with Crippen molar-refractivity contribution in [2.75, 3.05) is 30.7 Å². The number of carboxylic acid groups (broad SMARTS) is 1. The number of nitrogens with zero attached hydrogens (tertiary/aromatic N) is 7. The number of ether oxygens (including phenoxy) is 1. The van der Waals surface area contributed by atoms with Crippen molar-refractivity contribution in [2.45, 2.75) is 18.0 Å². The second-order valence-electron chi connectivity index (χ2n) is 8.25. The molecule has 1 saturated heterocycles. The summed E-state index contributed by atoms with van der Waals surface area (Å²) in [6, 6.07) is 2.42. The molecule has 19 heteroatoms. The van der Waals surface area contributed by atoms with E-state index in [0.717, 1.165) is 16.4 Å². The normalized spacial score (nSPS) is 18.8. The maximum absolute atomic E-state index is 13.2. The Labute approximate surface area is 232 Å². The number of fused-ring (bicyclic) bond motifs is 2. The summed E-state index contributed by atoms with van der Waals surface area (Å²) in [5.41, 5.74) is 6.18. The largest absolute Gasteiger partial charge is 0.477 e. The Balaban J connectivity index is 1.38. The number of carbonyl (C=O) groups is 4. The minimum absolute atomic E-state index is 0.0958. The van der Waals surface area contributed by atoms with Gasteiger partial charge in [-0.15, -0.1) is 11.8 Å².